The molecule has 4 N–H and O–H groups in total. The normalized spacial score (nSPS) is 10.8. The first-order valence-corrected chi connectivity index (χ1v) is 7.23. The number of rotatable bonds is 6. The zero-order valence-corrected chi connectivity index (χ0v) is 13.9. The largest absolute Gasteiger partial charge is 0.478 e. The zero-order valence-electron chi connectivity index (χ0n) is 13.9. The van der Waals surface area contributed by atoms with Crippen LogP contribution in [0.25, 0.3) is 11.1 Å². The van der Waals surface area contributed by atoms with E-state index in [4.69, 9.17) is 20.4 Å². The molecular weight excluding hydrogens is 434 g/mol. The van der Waals surface area contributed by atoms with Crippen LogP contribution in [-0.4, -0.2) is 45.1 Å². The van der Waals surface area contributed by atoms with Gasteiger partial charge in [-0.25, -0.2) is 36.3 Å². The van der Waals surface area contributed by atoms with Crippen LogP contribution in [0.5, 0.6) is 5.75 Å². The van der Waals surface area contributed by atoms with Crippen molar-refractivity contribution in [1.82, 2.24) is 0 Å². The first-order chi connectivity index (χ1) is 13.9. The summed E-state index contributed by atoms with van der Waals surface area (Å²) in [7, 11) is 0. The minimum atomic E-state index is -2.64. The summed E-state index contributed by atoms with van der Waals surface area (Å²) in [5, 5.41) is 35.3. The van der Waals surface area contributed by atoms with E-state index < -0.39 is 93.2 Å². The maximum atomic E-state index is 14.6. The number of carbonyl (C=O) groups is 3. The molecule has 30 heavy (non-hydrogen) atoms. The van der Waals surface area contributed by atoms with Gasteiger partial charge in [0.05, 0.1) is 11.1 Å². The minimum Gasteiger partial charge on any atom is -0.478 e. The molecule has 0 amide bonds. The highest BCUT2D eigenvalue weighted by atomic mass is 19.2. The van der Waals surface area contributed by atoms with Gasteiger partial charge in [-0.05, 0) is 0 Å². The van der Waals surface area contributed by atoms with Crippen LogP contribution < -0.4 is 4.74 Å². The van der Waals surface area contributed by atoms with Crippen molar-refractivity contribution < 1.29 is 65.9 Å². The number of halogens is 6. The van der Waals surface area contributed by atoms with E-state index in [0.29, 0.717) is 0 Å². The van der Waals surface area contributed by atoms with Crippen LogP contribution in [0.3, 0.4) is 0 Å². The number of aliphatic hydroxyl groups is 1. The molecule has 0 radical (unpaired) electrons. The van der Waals surface area contributed by atoms with Gasteiger partial charge in [-0.3, -0.25) is 0 Å². The molecule has 0 aliphatic heterocycles. The van der Waals surface area contributed by atoms with E-state index in [9.17, 15) is 40.7 Å². The minimum absolute atomic E-state index is 1.48. The Balaban J connectivity index is 3.15. The van der Waals surface area contributed by atoms with Crippen LogP contribution in [0.1, 0.15) is 31.1 Å². The summed E-state index contributed by atoms with van der Waals surface area (Å²) < 4.78 is 90.3. The van der Waals surface area contributed by atoms with Crippen molar-refractivity contribution in [3.8, 4) is 16.9 Å². The van der Waals surface area contributed by atoms with E-state index in [2.05, 4.69) is 4.74 Å². The molecule has 14 heteroatoms. The Hall–Kier alpha value is -3.81. The first-order valence-electron chi connectivity index (χ1n) is 7.23. The molecule has 0 bridgehead atoms. The third-order valence-corrected chi connectivity index (χ3v) is 3.70. The number of aliphatic hydroxyl groups excluding tert-OH is 1. The molecule has 0 aromatic heterocycles. The summed E-state index contributed by atoms with van der Waals surface area (Å²) in [5.74, 6) is -24.1. The second kappa shape index (κ2) is 7.90. The highest BCUT2D eigenvalue weighted by Gasteiger charge is 2.38. The van der Waals surface area contributed by atoms with Gasteiger partial charge in [0.1, 0.15) is 22.5 Å². The Kier molecular flexibility index (Phi) is 5.92. The van der Waals surface area contributed by atoms with E-state index in [1.807, 2.05) is 0 Å². The van der Waals surface area contributed by atoms with Crippen LogP contribution in [0.15, 0.2) is 0 Å². The Bertz CT molecular complexity index is 1110. The molecule has 2 rings (SSSR count). The lowest BCUT2D eigenvalue weighted by Gasteiger charge is -2.16. The Labute approximate surface area is 160 Å². The van der Waals surface area contributed by atoms with Crippen LogP contribution in [-0.2, 0) is 0 Å². The van der Waals surface area contributed by atoms with Gasteiger partial charge in [0.15, 0.2) is 35.8 Å². The Morgan fingerprint density at radius 1 is 0.600 bits per heavy atom. The lowest BCUT2D eigenvalue weighted by atomic mass is 9.94. The second-order valence-corrected chi connectivity index (χ2v) is 5.28. The maximum Gasteiger partial charge on any atom is 0.342 e. The molecule has 160 valence electrons. The van der Waals surface area contributed by atoms with Crippen LogP contribution >= 0.6 is 0 Å². The van der Waals surface area contributed by atoms with E-state index in [-0.39, 0.29) is 0 Å². The van der Waals surface area contributed by atoms with Crippen LogP contribution in [0.4, 0.5) is 26.3 Å². The highest BCUT2D eigenvalue weighted by Crippen LogP contribution is 2.41. The van der Waals surface area contributed by atoms with Crippen molar-refractivity contribution in [2.45, 2.75) is 0 Å². The van der Waals surface area contributed by atoms with E-state index in [1.165, 1.54) is 0 Å². The topological polar surface area (TPSA) is 141 Å². The van der Waals surface area contributed by atoms with Gasteiger partial charge in [-0.15, -0.1) is 0 Å². The first kappa shape index (κ1) is 22.5. The number of aromatic carboxylic acids is 3. The number of hydrogen-bond donors (Lipinski definition) is 4. The molecule has 0 unspecified atom stereocenters. The van der Waals surface area contributed by atoms with Gasteiger partial charge in [0.25, 0.3) is 0 Å². The molecule has 0 spiro atoms. The third kappa shape index (κ3) is 3.26. The summed E-state index contributed by atoms with van der Waals surface area (Å²) in [6, 6.07) is 0. The van der Waals surface area contributed by atoms with Gasteiger partial charge in [0, 0.05) is 0 Å². The van der Waals surface area contributed by atoms with Crippen molar-refractivity contribution in [3.63, 3.8) is 0 Å². The second-order valence-electron chi connectivity index (χ2n) is 5.28. The Morgan fingerprint density at radius 3 is 1.37 bits per heavy atom. The molecule has 2 aromatic carbocycles. The highest BCUT2D eigenvalue weighted by molar-refractivity contribution is 6.03. The summed E-state index contributed by atoms with van der Waals surface area (Å²) in [5.41, 5.74) is -10.4. The molecular formula is C16H6F6O8. The van der Waals surface area contributed by atoms with Crippen molar-refractivity contribution >= 4 is 17.9 Å². The lowest BCUT2D eigenvalue weighted by molar-refractivity contribution is 0.0641. The predicted molar refractivity (Wildman–Crippen MR) is 80.2 cm³/mol. The van der Waals surface area contributed by atoms with Gasteiger partial charge < -0.3 is 25.2 Å². The number of benzene rings is 2. The van der Waals surface area contributed by atoms with Gasteiger partial charge in [-0.2, -0.15) is 4.39 Å². The molecule has 0 fully saturated rings. The maximum absolute atomic E-state index is 14.6. The fourth-order valence-electron chi connectivity index (χ4n) is 2.53. The number of carboxylic acids is 3. The number of carboxylic acid groups (broad SMARTS) is 3. The van der Waals surface area contributed by atoms with Crippen molar-refractivity contribution in [2.75, 3.05) is 6.79 Å². The fraction of sp³-hybridized carbons (Fsp3) is 0.0625. The molecule has 0 saturated carbocycles. The van der Waals surface area contributed by atoms with Crippen molar-refractivity contribution in [2.24, 2.45) is 0 Å². The van der Waals surface area contributed by atoms with E-state index in [1.54, 1.807) is 0 Å². The molecule has 8 nitrogen and oxygen atoms in total. The van der Waals surface area contributed by atoms with Crippen molar-refractivity contribution in [3.05, 3.63) is 51.6 Å². The van der Waals surface area contributed by atoms with Crippen LogP contribution in [0, 0.1) is 34.9 Å². The quantitative estimate of drug-likeness (QED) is 0.305. The number of hydrogen-bond acceptors (Lipinski definition) is 5. The molecule has 0 atom stereocenters. The molecule has 0 aliphatic carbocycles. The molecule has 0 heterocycles. The van der Waals surface area contributed by atoms with Crippen LogP contribution in [0.2, 0.25) is 0 Å². The van der Waals surface area contributed by atoms with E-state index in [0.717, 1.165) is 0 Å². The summed E-state index contributed by atoms with van der Waals surface area (Å²) in [4.78, 5) is 33.3. The average molecular weight is 440 g/mol. The molecule has 2 aromatic rings. The van der Waals surface area contributed by atoms with E-state index >= 15 is 0 Å². The molecule has 0 saturated heterocycles. The summed E-state index contributed by atoms with van der Waals surface area (Å²) >= 11 is 0. The number of ether oxygens (including phenoxy) is 1. The predicted octanol–water partition coefficient (Wildman–Crippen LogP) is 2.61. The summed E-state index contributed by atoms with van der Waals surface area (Å²) in [6.07, 6.45) is 0. The monoisotopic (exact) mass is 440 g/mol. The van der Waals surface area contributed by atoms with Gasteiger partial charge in [-0.1, -0.05) is 0 Å². The average Bonchev–Trinajstić information content (AvgIpc) is 2.64. The SMILES string of the molecule is O=C(O)c1c(F)c(-c2c(F)c(F)c(C(=O)O)c(C(=O)O)c2F)c(F)c(F)c1OCO. The van der Waals surface area contributed by atoms with Gasteiger partial charge >= 0.3 is 17.9 Å². The standard InChI is InChI=1S/C16H6F6O8/c17-7-2(9(19)11(21)5(15(26)27)4(7)14(24)25)3-8(18)6(16(28)29)13(30-1-23)12(22)10(3)20/h23H,1H2,(H,24,25)(H,26,27)(H,28,29). The summed E-state index contributed by atoms with van der Waals surface area (Å²) in [6.45, 7) is -1.48. The third-order valence-electron chi connectivity index (χ3n) is 3.70. The van der Waals surface area contributed by atoms with Gasteiger partial charge in [0.2, 0.25) is 5.82 Å². The fourth-order valence-corrected chi connectivity index (χ4v) is 2.53. The smallest absolute Gasteiger partial charge is 0.342 e. The Morgan fingerprint density at radius 2 is 0.967 bits per heavy atom. The molecule has 0 aliphatic rings. The zero-order chi connectivity index (χ0) is 23.1. The lowest BCUT2D eigenvalue weighted by Crippen LogP contribution is -2.18. The van der Waals surface area contributed by atoms with Crippen molar-refractivity contribution in [1.29, 1.82) is 0 Å².